The van der Waals surface area contributed by atoms with Crippen LogP contribution in [0.2, 0.25) is 0 Å². The number of halogens is 1. The SMILES string of the molecule is CN=C(NCc1ccnc(N2CCN(C)CC2)c1)N1CCSC(C)(C)C1.I. The van der Waals surface area contributed by atoms with E-state index < -0.39 is 0 Å². The van der Waals surface area contributed by atoms with Crippen LogP contribution in [0.15, 0.2) is 23.3 Å². The molecule has 0 aliphatic carbocycles. The van der Waals surface area contributed by atoms with Crippen molar-refractivity contribution < 1.29 is 0 Å². The first-order chi connectivity index (χ1) is 12.5. The zero-order valence-corrected chi connectivity index (χ0v) is 20.1. The average molecular weight is 504 g/mol. The molecule has 2 fully saturated rings. The molecule has 3 heterocycles. The molecular formula is C19H33IN6S. The zero-order chi connectivity index (χ0) is 18.6. The van der Waals surface area contributed by atoms with E-state index in [1.807, 2.05) is 25.0 Å². The molecule has 0 spiro atoms. The third kappa shape index (κ3) is 6.39. The maximum absolute atomic E-state index is 4.58. The van der Waals surface area contributed by atoms with Crippen molar-refractivity contribution in [2.45, 2.75) is 25.1 Å². The molecule has 0 radical (unpaired) electrons. The summed E-state index contributed by atoms with van der Waals surface area (Å²) >= 11 is 2.04. The van der Waals surface area contributed by atoms with E-state index in [9.17, 15) is 0 Å². The van der Waals surface area contributed by atoms with Crippen LogP contribution in [-0.2, 0) is 6.54 Å². The lowest BCUT2D eigenvalue weighted by Crippen LogP contribution is -2.50. The highest BCUT2D eigenvalue weighted by atomic mass is 127. The second-order valence-electron chi connectivity index (χ2n) is 7.74. The number of likely N-dealkylation sites (N-methyl/N-ethyl adjacent to an activating group) is 1. The second-order valence-corrected chi connectivity index (χ2v) is 9.55. The van der Waals surface area contributed by atoms with E-state index in [1.54, 1.807) is 0 Å². The van der Waals surface area contributed by atoms with Gasteiger partial charge in [-0.2, -0.15) is 11.8 Å². The van der Waals surface area contributed by atoms with E-state index in [-0.39, 0.29) is 28.7 Å². The van der Waals surface area contributed by atoms with Gasteiger partial charge < -0.3 is 20.0 Å². The molecule has 0 unspecified atom stereocenters. The summed E-state index contributed by atoms with van der Waals surface area (Å²) in [6, 6.07) is 4.30. The fourth-order valence-corrected chi connectivity index (χ4v) is 4.60. The number of thioether (sulfide) groups is 1. The Balaban J connectivity index is 0.00000261. The quantitative estimate of drug-likeness (QED) is 0.388. The Morgan fingerprint density at radius 2 is 2.00 bits per heavy atom. The monoisotopic (exact) mass is 504 g/mol. The number of aromatic nitrogens is 1. The molecule has 3 rings (SSSR count). The van der Waals surface area contributed by atoms with Gasteiger partial charge in [-0.3, -0.25) is 4.99 Å². The van der Waals surface area contributed by atoms with Gasteiger partial charge in [0.2, 0.25) is 0 Å². The van der Waals surface area contributed by atoms with Crippen molar-refractivity contribution in [2.24, 2.45) is 4.99 Å². The molecule has 1 aromatic heterocycles. The summed E-state index contributed by atoms with van der Waals surface area (Å²) in [4.78, 5) is 16.2. The minimum absolute atomic E-state index is 0. The van der Waals surface area contributed by atoms with Gasteiger partial charge >= 0.3 is 0 Å². The van der Waals surface area contributed by atoms with Gasteiger partial charge in [-0.15, -0.1) is 24.0 Å². The van der Waals surface area contributed by atoms with Crippen molar-refractivity contribution in [1.29, 1.82) is 0 Å². The van der Waals surface area contributed by atoms with E-state index in [4.69, 9.17) is 0 Å². The minimum atomic E-state index is 0. The Morgan fingerprint density at radius 3 is 2.67 bits per heavy atom. The van der Waals surface area contributed by atoms with Crippen LogP contribution in [-0.4, -0.2) is 84.6 Å². The van der Waals surface area contributed by atoms with E-state index in [1.165, 1.54) is 5.56 Å². The van der Waals surface area contributed by atoms with Crippen LogP contribution in [0.1, 0.15) is 19.4 Å². The fourth-order valence-electron chi connectivity index (χ4n) is 3.49. The Hall–Kier alpha value is -0.740. The fraction of sp³-hybridized carbons (Fsp3) is 0.684. The van der Waals surface area contributed by atoms with Crippen LogP contribution in [0.5, 0.6) is 0 Å². The van der Waals surface area contributed by atoms with Crippen LogP contribution in [0.3, 0.4) is 0 Å². The predicted molar refractivity (Wildman–Crippen MR) is 128 cm³/mol. The Kier molecular flexibility index (Phi) is 8.48. The molecule has 0 aromatic carbocycles. The summed E-state index contributed by atoms with van der Waals surface area (Å²) in [6.45, 7) is 11.8. The standard InChI is InChI=1S/C19H32N6S.HI/c1-19(2)15-25(11-12-26-19)18(20-3)22-14-16-5-6-21-17(13-16)24-9-7-23(4)8-10-24;/h5-6,13H,7-12,14-15H2,1-4H3,(H,20,22);1H. The molecule has 1 N–H and O–H groups in total. The number of nitrogens with zero attached hydrogens (tertiary/aromatic N) is 5. The van der Waals surface area contributed by atoms with Crippen molar-refractivity contribution in [2.75, 3.05) is 64.0 Å². The summed E-state index contributed by atoms with van der Waals surface area (Å²) in [6.07, 6.45) is 1.92. The number of hydrogen-bond acceptors (Lipinski definition) is 5. The number of guanidine groups is 1. The van der Waals surface area contributed by atoms with Crippen molar-refractivity contribution in [3.8, 4) is 0 Å². The highest BCUT2D eigenvalue weighted by Gasteiger charge is 2.28. The first-order valence-corrected chi connectivity index (χ1v) is 10.4. The topological polar surface area (TPSA) is 47.0 Å². The van der Waals surface area contributed by atoms with Crippen LogP contribution in [0, 0.1) is 0 Å². The summed E-state index contributed by atoms with van der Waals surface area (Å²) in [5, 5.41) is 3.54. The van der Waals surface area contributed by atoms with E-state index in [0.29, 0.717) is 0 Å². The predicted octanol–water partition coefficient (Wildman–Crippen LogP) is 2.35. The van der Waals surface area contributed by atoms with E-state index in [0.717, 1.165) is 63.3 Å². The highest BCUT2D eigenvalue weighted by molar-refractivity contribution is 14.0. The van der Waals surface area contributed by atoms with Crippen molar-refractivity contribution in [3.05, 3.63) is 23.9 Å². The normalized spacial score (nSPS) is 21.0. The Bertz CT molecular complexity index is 630. The third-order valence-corrected chi connectivity index (χ3v) is 6.32. The van der Waals surface area contributed by atoms with Crippen LogP contribution in [0.25, 0.3) is 0 Å². The highest BCUT2D eigenvalue weighted by Crippen LogP contribution is 2.29. The molecule has 152 valence electrons. The Morgan fingerprint density at radius 1 is 1.26 bits per heavy atom. The minimum Gasteiger partial charge on any atom is -0.354 e. The number of aliphatic imine (C=N–C) groups is 1. The molecular weight excluding hydrogens is 471 g/mol. The van der Waals surface area contributed by atoms with E-state index >= 15 is 0 Å². The number of anilines is 1. The van der Waals surface area contributed by atoms with Crippen LogP contribution < -0.4 is 10.2 Å². The van der Waals surface area contributed by atoms with Gasteiger partial charge in [0.25, 0.3) is 0 Å². The first kappa shape index (κ1) is 22.5. The summed E-state index contributed by atoms with van der Waals surface area (Å²) < 4.78 is 0.279. The zero-order valence-electron chi connectivity index (χ0n) is 16.9. The summed E-state index contributed by atoms with van der Waals surface area (Å²) in [5.74, 6) is 3.23. The van der Waals surface area contributed by atoms with Gasteiger partial charge in [-0.1, -0.05) is 0 Å². The van der Waals surface area contributed by atoms with Gasteiger partial charge in [-0.05, 0) is 38.6 Å². The first-order valence-electron chi connectivity index (χ1n) is 9.45. The molecule has 0 bridgehead atoms. The molecule has 27 heavy (non-hydrogen) atoms. The smallest absolute Gasteiger partial charge is 0.193 e. The number of rotatable bonds is 3. The largest absolute Gasteiger partial charge is 0.354 e. The molecule has 6 nitrogen and oxygen atoms in total. The van der Waals surface area contributed by atoms with Gasteiger partial charge in [0.05, 0.1) is 0 Å². The summed E-state index contributed by atoms with van der Waals surface area (Å²) in [7, 11) is 4.05. The maximum atomic E-state index is 4.58. The molecule has 0 amide bonds. The number of nitrogens with one attached hydrogen (secondary N) is 1. The van der Waals surface area contributed by atoms with Crippen LogP contribution >= 0.6 is 35.7 Å². The summed E-state index contributed by atoms with van der Waals surface area (Å²) in [5.41, 5.74) is 1.25. The van der Waals surface area contributed by atoms with Gasteiger partial charge in [0.1, 0.15) is 5.82 Å². The van der Waals surface area contributed by atoms with Crippen molar-refractivity contribution in [1.82, 2.24) is 20.1 Å². The number of pyridine rings is 1. The number of piperazine rings is 1. The molecule has 8 heteroatoms. The molecule has 0 atom stereocenters. The molecule has 2 aliphatic rings. The Labute approximate surface area is 185 Å². The lowest BCUT2D eigenvalue weighted by molar-refractivity contribution is 0.312. The number of hydrogen-bond donors (Lipinski definition) is 1. The van der Waals surface area contributed by atoms with Gasteiger partial charge in [0.15, 0.2) is 5.96 Å². The molecule has 2 aliphatic heterocycles. The van der Waals surface area contributed by atoms with Gasteiger partial charge in [0, 0.05) is 69.6 Å². The second kappa shape index (κ2) is 10.2. The van der Waals surface area contributed by atoms with E-state index in [2.05, 4.69) is 63.0 Å². The van der Waals surface area contributed by atoms with Crippen molar-refractivity contribution >= 4 is 47.5 Å². The molecule has 2 saturated heterocycles. The van der Waals surface area contributed by atoms with Crippen LogP contribution in [0.4, 0.5) is 5.82 Å². The average Bonchev–Trinajstić information content (AvgIpc) is 2.62. The maximum Gasteiger partial charge on any atom is 0.193 e. The molecule has 1 aromatic rings. The lowest BCUT2D eigenvalue weighted by atomic mass is 10.2. The van der Waals surface area contributed by atoms with Crippen molar-refractivity contribution in [3.63, 3.8) is 0 Å². The van der Waals surface area contributed by atoms with Gasteiger partial charge in [-0.25, -0.2) is 4.98 Å². The lowest BCUT2D eigenvalue weighted by Gasteiger charge is -2.39. The molecule has 0 saturated carbocycles. The third-order valence-electron chi connectivity index (χ3n) is 5.02.